The van der Waals surface area contributed by atoms with E-state index in [0.717, 1.165) is 10.9 Å². The Hall–Kier alpha value is -3.84. The van der Waals surface area contributed by atoms with E-state index < -0.39 is 28.9 Å². The second kappa shape index (κ2) is 10.3. The largest absolute Gasteiger partial charge is 0.505 e. The molecule has 15 heteroatoms. The van der Waals surface area contributed by atoms with Crippen molar-refractivity contribution in [3.05, 3.63) is 86.1 Å². The quantitative estimate of drug-likeness (QED) is 0.269. The van der Waals surface area contributed by atoms with E-state index in [4.69, 9.17) is 4.52 Å². The van der Waals surface area contributed by atoms with Gasteiger partial charge in [-0.25, -0.2) is 17.5 Å². The molecule has 1 unspecified atom stereocenters. The molecule has 0 saturated carbocycles. The summed E-state index contributed by atoms with van der Waals surface area (Å²) in [5.74, 6) is -1.09. The lowest BCUT2D eigenvalue weighted by Crippen LogP contribution is -2.35. The van der Waals surface area contributed by atoms with Crippen LogP contribution < -0.4 is 20.9 Å². The summed E-state index contributed by atoms with van der Waals surface area (Å²) in [6.45, 7) is 1.56. The number of fused-ring (bicyclic) bond motifs is 1. The number of hydrogen-bond acceptors (Lipinski definition) is 9. The van der Waals surface area contributed by atoms with Gasteiger partial charge in [0.2, 0.25) is 10.0 Å². The fourth-order valence-corrected chi connectivity index (χ4v) is 6.93. The number of nitrogens with one attached hydrogen (secondary N) is 2. The van der Waals surface area contributed by atoms with Crippen molar-refractivity contribution in [2.75, 3.05) is 23.4 Å². The summed E-state index contributed by atoms with van der Waals surface area (Å²) in [5.41, 5.74) is 0.954. The monoisotopic (exact) mass is 603 g/mol. The fraction of sp³-hybridized carbons (Fsp3) is 0.160. The molecule has 3 N–H and O–H groups in total. The first-order valence-corrected chi connectivity index (χ1v) is 16.1. The SMILES string of the molecule is COP1(=O)N=C(c2c(O)c(-c3ccsc3)nn(Cc3ccc(F)c(C)c3)c2=O)Nc2ccc(NS(C)(=O)=O)cc21. The third-order valence-electron chi connectivity index (χ3n) is 6.05. The summed E-state index contributed by atoms with van der Waals surface area (Å²) in [5, 5.41) is 22.2. The van der Waals surface area contributed by atoms with E-state index in [1.807, 2.05) is 0 Å². The lowest BCUT2D eigenvalue weighted by molar-refractivity contribution is 0.404. The van der Waals surface area contributed by atoms with Crippen LogP contribution in [-0.4, -0.2) is 42.5 Å². The summed E-state index contributed by atoms with van der Waals surface area (Å²) in [7, 11) is -6.48. The Balaban J connectivity index is 1.68. The number of hydrogen-bond donors (Lipinski definition) is 3. The van der Waals surface area contributed by atoms with Gasteiger partial charge in [-0.1, -0.05) is 12.1 Å². The second-order valence-corrected chi connectivity index (χ2v) is 13.6. The zero-order valence-electron chi connectivity index (χ0n) is 21.4. The van der Waals surface area contributed by atoms with Crippen LogP contribution in [-0.2, 0) is 25.7 Å². The zero-order valence-corrected chi connectivity index (χ0v) is 23.9. The molecule has 0 fully saturated rings. The van der Waals surface area contributed by atoms with E-state index >= 15 is 0 Å². The first kappa shape index (κ1) is 27.7. The molecule has 0 amide bonds. The molecule has 0 spiro atoms. The van der Waals surface area contributed by atoms with Crippen LogP contribution >= 0.6 is 18.9 Å². The lowest BCUT2D eigenvalue weighted by atomic mass is 10.1. The number of nitrogens with zero attached hydrogens (tertiary/aromatic N) is 3. The number of sulfonamides is 1. The van der Waals surface area contributed by atoms with Crippen molar-refractivity contribution >= 4 is 51.4 Å². The van der Waals surface area contributed by atoms with Crippen LogP contribution in [0.2, 0.25) is 0 Å². The molecule has 2 aromatic heterocycles. The average molecular weight is 604 g/mol. The Morgan fingerprint density at radius 1 is 1.23 bits per heavy atom. The van der Waals surface area contributed by atoms with E-state index in [9.17, 15) is 27.3 Å². The van der Waals surface area contributed by atoms with Crippen LogP contribution in [0.5, 0.6) is 5.75 Å². The summed E-state index contributed by atoms with van der Waals surface area (Å²) < 4.78 is 64.0. The molecule has 0 saturated heterocycles. The highest BCUT2D eigenvalue weighted by molar-refractivity contribution is 7.92. The highest BCUT2D eigenvalue weighted by Crippen LogP contribution is 2.52. The molecule has 3 heterocycles. The Labute approximate surface area is 232 Å². The van der Waals surface area contributed by atoms with Gasteiger partial charge < -0.3 is 14.9 Å². The number of aromatic nitrogens is 2. The summed E-state index contributed by atoms with van der Waals surface area (Å²) >= 11 is 1.36. The Morgan fingerprint density at radius 3 is 2.65 bits per heavy atom. The predicted molar refractivity (Wildman–Crippen MR) is 153 cm³/mol. The fourth-order valence-electron chi connectivity index (χ4n) is 4.19. The minimum absolute atomic E-state index is 0.0449. The van der Waals surface area contributed by atoms with Crippen molar-refractivity contribution in [2.45, 2.75) is 13.5 Å². The average Bonchev–Trinajstić information content (AvgIpc) is 3.42. The first-order valence-electron chi connectivity index (χ1n) is 11.7. The Bertz CT molecular complexity index is 1890. The maximum absolute atomic E-state index is 13.8. The zero-order chi connectivity index (χ0) is 28.8. The van der Waals surface area contributed by atoms with Crippen molar-refractivity contribution < 1.29 is 27.0 Å². The van der Waals surface area contributed by atoms with Crippen molar-refractivity contribution in [2.24, 2.45) is 4.76 Å². The molecule has 208 valence electrons. The van der Waals surface area contributed by atoms with Crippen LogP contribution in [0.4, 0.5) is 15.8 Å². The molecule has 5 rings (SSSR count). The van der Waals surface area contributed by atoms with Crippen LogP contribution in [0.15, 0.2) is 62.8 Å². The molecular weight excluding hydrogens is 580 g/mol. The van der Waals surface area contributed by atoms with E-state index in [0.29, 0.717) is 16.7 Å². The van der Waals surface area contributed by atoms with Crippen LogP contribution in [0.3, 0.4) is 0 Å². The van der Waals surface area contributed by atoms with E-state index in [1.54, 1.807) is 29.8 Å². The van der Waals surface area contributed by atoms with Gasteiger partial charge in [0.05, 0.1) is 23.8 Å². The van der Waals surface area contributed by atoms with Gasteiger partial charge in [0.1, 0.15) is 17.1 Å². The van der Waals surface area contributed by atoms with Gasteiger partial charge in [0.15, 0.2) is 11.6 Å². The highest BCUT2D eigenvalue weighted by atomic mass is 32.2. The molecule has 2 aromatic carbocycles. The van der Waals surface area contributed by atoms with Crippen LogP contribution in [0.1, 0.15) is 16.7 Å². The molecule has 1 aliphatic heterocycles. The van der Waals surface area contributed by atoms with Crippen LogP contribution in [0.25, 0.3) is 11.3 Å². The van der Waals surface area contributed by atoms with Crippen molar-refractivity contribution in [1.29, 1.82) is 0 Å². The predicted octanol–water partition coefficient (Wildman–Crippen LogP) is 3.88. The van der Waals surface area contributed by atoms with Crippen molar-refractivity contribution in [3.63, 3.8) is 0 Å². The van der Waals surface area contributed by atoms with Gasteiger partial charge in [0, 0.05) is 23.7 Å². The molecule has 1 aliphatic rings. The van der Waals surface area contributed by atoms with E-state index in [-0.39, 0.29) is 46.1 Å². The second-order valence-electron chi connectivity index (χ2n) is 9.01. The summed E-state index contributed by atoms with van der Waals surface area (Å²) in [6.07, 6.45) is 0.979. The highest BCUT2D eigenvalue weighted by Gasteiger charge is 2.36. The maximum atomic E-state index is 13.8. The van der Waals surface area contributed by atoms with Gasteiger partial charge in [-0.05, 0) is 53.8 Å². The standard InChI is InChI=1S/C25H23FN5O6PS2/c1-14-10-15(4-6-18(14)26)12-31-25(33)21(23(32)22(28-31)16-8-9-39-13-16)24-27-19-7-5-17(30-40(3,35)36)11-20(19)38(34,29-24)37-2/h4-11,13,30,32H,12H2,1-3H3,(H,27,29,34). The number of aryl methyl sites for hydroxylation is 1. The molecule has 40 heavy (non-hydrogen) atoms. The third-order valence-corrected chi connectivity index (χ3v) is 9.28. The van der Waals surface area contributed by atoms with Crippen molar-refractivity contribution in [1.82, 2.24) is 9.78 Å². The van der Waals surface area contributed by atoms with Crippen LogP contribution in [0, 0.1) is 12.7 Å². The number of aromatic hydroxyl groups is 1. The molecule has 0 aliphatic carbocycles. The number of rotatable bonds is 7. The summed E-state index contributed by atoms with van der Waals surface area (Å²) in [6, 6.07) is 10.4. The van der Waals surface area contributed by atoms with Gasteiger partial charge in [-0.3, -0.25) is 14.1 Å². The molecule has 11 nitrogen and oxygen atoms in total. The van der Waals surface area contributed by atoms with E-state index in [1.165, 1.54) is 48.8 Å². The number of anilines is 2. The van der Waals surface area contributed by atoms with Gasteiger partial charge >= 0.3 is 7.52 Å². The minimum atomic E-state index is -4.04. The lowest BCUT2D eigenvalue weighted by Gasteiger charge is -2.25. The minimum Gasteiger partial charge on any atom is -0.505 e. The number of halogens is 1. The molecule has 0 radical (unpaired) electrons. The van der Waals surface area contributed by atoms with Gasteiger partial charge in [-0.2, -0.15) is 21.2 Å². The Kier molecular flexibility index (Phi) is 7.13. The molecule has 4 aromatic rings. The maximum Gasteiger partial charge on any atom is 0.348 e. The molecule has 1 atom stereocenters. The third kappa shape index (κ3) is 5.30. The van der Waals surface area contributed by atoms with Gasteiger partial charge in [-0.15, -0.1) is 0 Å². The number of benzene rings is 2. The topological polar surface area (TPSA) is 152 Å². The summed E-state index contributed by atoms with van der Waals surface area (Å²) in [4.78, 5) is 13.7. The van der Waals surface area contributed by atoms with Crippen molar-refractivity contribution in [3.8, 4) is 17.0 Å². The Morgan fingerprint density at radius 2 is 2.00 bits per heavy atom. The molecule has 0 bridgehead atoms. The number of thiophene rings is 1. The smallest absolute Gasteiger partial charge is 0.348 e. The van der Waals surface area contributed by atoms with Gasteiger partial charge in [0.25, 0.3) is 5.56 Å². The normalized spacial score (nSPS) is 16.6. The van der Waals surface area contributed by atoms with E-state index in [2.05, 4.69) is 19.9 Å². The molecular formula is C25H23FN5O6PS2. The first-order chi connectivity index (χ1) is 18.9. The number of amidine groups is 1.